The van der Waals surface area contributed by atoms with E-state index in [0.717, 1.165) is 0 Å². The van der Waals surface area contributed by atoms with Crippen molar-refractivity contribution in [1.29, 1.82) is 0 Å². The van der Waals surface area contributed by atoms with Gasteiger partial charge in [0.05, 0.1) is 4.92 Å². The summed E-state index contributed by atoms with van der Waals surface area (Å²) in [5.74, 6) is -0.0467. The van der Waals surface area contributed by atoms with Crippen LogP contribution in [0.3, 0.4) is 0 Å². The highest BCUT2D eigenvalue weighted by atomic mass is 35.5. The molecule has 1 aromatic rings. The Labute approximate surface area is 86.3 Å². The van der Waals surface area contributed by atoms with Crippen molar-refractivity contribution in [2.24, 2.45) is 0 Å². The van der Waals surface area contributed by atoms with Crippen LogP contribution in [0.4, 0.5) is 5.69 Å². The average molecular weight is 216 g/mol. The number of aromatic nitrogens is 2. The number of halogens is 1. The molecule has 0 unspecified atom stereocenters. The molecule has 0 aliphatic carbocycles. The van der Waals surface area contributed by atoms with Gasteiger partial charge >= 0.3 is 5.69 Å². The summed E-state index contributed by atoms with van der Waals surface area (Å²) in [6.45, 7) is 5.20. The lowest BCUT2D eigenvalue weighted by Crippen LogP contribution is -2.05. The van der Waals surface area contributed by atoms with Crippen LogP contribution >= 0.6 is 11.6 Å². The molecule has 0 aromatic carbocycles. The van der Waals surface area contributed by atoms with Crippen molar-refractivity contribution in [2.75, 3.05) is 0 Å². The molecule has 1 rings (SSSR count). The van der Waals surface area contributed by atoms with Crippen molar-refractivity contribution >= 4 is 17.3 Å². The van der Waals surface area contributed by atoms with Gasteiger partial charge in [-0.15, -0.1) is 0 Å². The molecule has 76 valence electrons. The minimum atomic E-state index is -0.471. The predicted octanol–water partition coefficient (Wildman–Crippen LogP) is 2.47. The van der Waals surface area contributed by atoms with Crippen LogP contribution in [0, 0.1) is 17.0 Å². The van der Waals surface area contributed by atoms with Gasteiger partial charge in [0.25, 0.3) is 0 Å². The summed E-state index contributed by atoms with van der Waals surface area (Å²) >= 11 is 5.63. The first-order valence-corrected chi connectivity index (χ1v) is 4.49. The third-order valence-corrected chi connectivity index (χ3v) is 1.96. The summed E-state index contributed by atoms with van der Waals surface area (Å²) in [7, 11) is 0. The lowest BCUT2D eigenvalue weighted by atomic mass is 10.1. The minimum Gasteiger partial charge on any atom is -0.258 e. The maximum atomic E-state index is 10.7. The van der Waals surface area contributed by atoms with Crippen molar-refractivity contribution in [3.63, 3.8) is 0 Å². The second kappa shape index (κ2) is 3.88. The Bertz CT molecular complexity index is 379. The molecular weight excluding hydrogens is 206 g/mol. The first-order valence-electron chi connectivity index (χ1n) is 4.12. The molecule has 1 heterocycles. The van der Waals surface area contributed by atoms with Crippen molar-refractivity contribution in [1.82, 2.24) is 9.97 Å². The fraction of sp³-hybridized carbons (Fsp3) is 0.500. The number of aryl methyl sites for hydroxylation is 1. The molecule has 0 saturated carbocycles. The number of rotatable bonds is 2. The summed E-state index contributed by atoms with van der Waals surface area (Å²) in [6.07, 6.45) is 0. The summed E-state index contributed by atoms with van der Waals surface area (Å²) in [4.78, 5) is 17.9. The van der Waals surface area contributed by atoms with E-state index in [2.05, 4.69) is 9.97 Å². The van der Waals surface area contributed by atoms with Gasteiger partial charge in [-0.25, -0.2) is 9.97 Å². The van der Waals surface area contributed by atoms with E-state index in [-0.39, 0.29) is 16.9 Å². The second-order valence-electron chi connectivity index (χ2n) is 3.22. The molecule has 0 radical (unpaired) electrons. The van der Waals surface area contributed by atoms with Gasteiger partial charge in [-0.1, -0.05) is 13.8 Å². The Morgan fingerprint density at radius 2 is 2.00 bits per heavy atom. The Balaban J connectivity index is 3.44. The molecule has 0 aliphatic rings. The van der Waals surface area contributed by atoms with Gasteiger partial charge < -0.3 is 0 Å². The molecule has 0 aliphatic heterocycles. The van der Waals surface area contributed by atoms with Crippen molar-refractivity contribution < 1.29 is 4.92 Å². The lowest BCUT2D eigenvalue weighted by molar-refractivity contribution is -0.387. The Kier molecular flexibility index (Phi) is 3.00. The van der Waals surface area contributed by atoms with E-state index in [4.69, 9.17) is 11.6 Å². The molecule has 0 N–H and O–H groups in total. The molecular formula is C8H10ClN3O2. The maximum absolute atomic E-state index is 10.7. The summed E-state index contributed by atoms with van der Waals surface area (Å²) in [5, 5.41) is 10.8. The second-order valence-corrected chi connectivity index (χ2v) is 3.56. The molecule has 0 amide bonds. The van der Waals surface area contributed by atoms with Crippen LogP contribution in [0.5, 0.6) is 0 Å². The molecule has 0 atom stereocenters. The number of nitrogens with zero attached hydrogens (tertiary/aromatic N) is 3. The Hall–Kier alpha value is -1.23. The summed E-state index contributed by atoms with van der Waals surface area (Å²) in [6, 6.07) is 0. The molecule has 0 saturated heterocycles. The minimum absolute atomic E-state index is 0.0376. The SMILES string of the molecule is Cc1nc(Cl)nc(C(C)C)c1[N+](=O)[O-]. The third-order valence-electron chi connectivity index (χ3n) is 1.79. The van der Waals surface area contributed by atoms with E-state index in [1.807, 2.05) is 13.8 Å². The van der Waals surface area contributed by atoms with E-state index in [9.17, 15) is 10.1 Å². The number of hydrogen-bond acceptors (Lipinski definition) is 4. The fourth-order valence-corrected chi connectivity index (χ4v) is 1.40. The van der Waals surface area contributed by atoms with Crippen LogP contribution in [-0.2, 0) is 0 Å². The van der Waals surface area contributed by atoms with E-state index in [1.54, 1.807) is 6.92 Å². The van der Waals surface area contributed by atoms with E-state index >= 15 is 0 Å². The highest BCUT2D eigenvalue weighted by Gasteiger charge is 2.23. The molecule has 0 fully saturated rings. The summed E-state index contributed by atoms with van der Waals surface area (Å²) in [5.41, 5.74) is 0.649. The monoisotopic (exact) mass is 215 g/mol. The van der Waals surface area contributed by atoms with Crippen molar-refractivity contribution in [3.8, 4) is 0 Å². The van der Waals surface area contributed by atoms with Crippen LogP contribution in [0.15, 0.2) is 0 Å². The fourth-order valence-electron chi connectivity index (χ4n) is 1.18. The molecule has 6 heteroatoms. The number of hydrogen-bond donors (Lipinski definition) is 0. The van der Waals surface area contributed by atoms with Crippen LogP contribution < -0.4 is 0 Å². The lowest BCUT2D eigenvalue weighted by Gasteiger charge is -2.06. The Morgan fingerprint density at radius 3 is 2.43 bits per heavy atom. The van der Waals surface area contributed by atoms with Crippen LogP contribution in [0.1, 0.15) is 31.2 Å². The van der Waals surface area contributed by atoms with Crippen LogP contribution in [0.2, 0.25) is 5.28 Å². The highest BCUT2D eigenvalue weighted by molar-refractivity contribution is 6.28. The topological polar surface area (TPSA) is 68.9 Å². The molecule has 14 heavy (non-hydrogen) atoms. The Morgan fingerprint density at radius 1 is 1.43 bits per heavy atom. The van der Waals surface area contributed by atoms with Gasteiger partial charge in [-0.05, 0) is 18.5 Å². The van der Waals surface area contributed by atoms with Crippen LogP contribution in [-0.4, -0.2) is 14.9 Å². The normalized spacial score (nSPS) is 10.6. The quantitative estimate of drug-likeness (QED) is 0.432. The van der Waals surface area contributed by atoms with Crippen LogP contribution in [0.25, 0.3) is 0 Å². The largest absolute Gasteiger partial charge is 0.312 e. The molecule has 0 bridgehead atoms. The van der Waals surface area contributed by atoms with Gasteiger partial charge in [-0.2, -0.15) is 0 Å². The van der Waals surface area contributed by atoms with E-state index < -0.39 is 4.92 Å². The average Bonchev–Trinajstić information content (AvgIpc) is 2.01. The zero-order valence-corrected chi connectivity index (χ0v) is 8.87. The first kappa shape index (κ1) is 10.8. The van der Waals surface area contributed by atoms with E-state index in [0.29, 0.717) is 11.4 Å². The zero-order chi connectivity index (χ0) is 10.9. The standard InChI is InChI=1S/C8H10ClN3O2/c1-4(2)6-7(12(13)14)5(3)10-8(9)11-6/h4H,1-3H3. The highest BCUT2D eigenvalue weighted by Crippen LogP contribution is 2.27. The molecule has 0 spiro atoms. The maximum Gasteiger partial charge on any atom is 0.312 e. The molecule has 1 aromatic heterocycles. The predicted molar refractivity (Wildman–Crippen MR) is 52.5 cm³/mol. The number of nitro groups is 1. The van der Waals surface area contributed by atoms with Gasteiger partial charge in [0.2, 0.25) is 5.28 Å². The van der Waals surface area contributed by atoms with Crippen molar-refractivity contribution in [2.45, 2.75) is 26.7 Å². The zero-order valence-electron chi connectivity index (χ0n) is 8.11. The van der Waals surface area contributed by atoms with Gasteiger partial charge in [-0.3, -0.25) is 10.1 Å². The van der Waals surface area contributed by atoms with Gasteiger partial charge in [0.1, 0.15) is 11.4 Å². The smallest absolute Gasteiger partial charge is 0.258 e. The first-order chi connectivity index (χ1) is 6.43. The molecule has 5 nitrogen and oxygen atoms in total. The summed E-state index contributed by atoms with van der Waals surface area (Å²) < 4.78 is 0. The van der Waals surface area contributed by atoms with Gasteiger partial charge in [0, 0.05) is 5.92 Å². The van der Waals surface area contributed by atoms with Gasteiger partial charge in [0.15, 0.2) is 0 Å². The van der Waals surface area contributed by atoms with E-state index in [1.165, 1.54) is 0 Å². The third kappa shape index (κ3) is 1.98. The van der Waals surface area contributed by atoms with Crippen molar-refractivity contribution in [3.05, 3.63) is 26.8 Å².